The van der Waals surface area contributed by atoms with E-state index in [0.717, 1.165) is 15.9 Å². The van der Waals surface area contributed by atoms with E-state index in [-0.39, 0.29) is 11.9 Å². The molecular formula is C13H15BrN4O. The fourth-order valence-corrected chi connectivity index (χ4v) is 2.26. The Hall–Kier alpha value is -1.69. The SMILES string of the molecule is Cc1ccc(Br)c(C(=O)NC(C)c2nncn2C)c1. The van der Waals surface area contributed by atoms with Crippen LogP contribution in [0, 0.1) is 6.92 Å². The summed E-state index contributed by atoms with van der Waals surface area (Å²) in [6.45, 7) is 3.83. The Morgan fingerprint density at radius 1 is 1.47 bits per heavy atom. The third kappa shape index (κ3) is 3.01. The van der Waals surface area contributed by atoms with E-state index < -0.39 is 0 Å². The lowest BCUT2D eigenvalue weighted by Gasteiger charge is -2.14. The van der Waals surface area contributed by atoms with Crippen molar-refractivity contribution in [3.05, 3.63) is 46.0 Å². The zero-order chi connectivity index (χ0) is 14.0. The molecule has 100 valence electrons. The highest BCUT2D eigenvalue weighted by Gasteiger charge is 2.17. The molecule has 0 saturated heterocycles. The van der Waals surface area contributed by atoms with Crippen LogP contribution in [0.1, 0.15) is 34.7 Å². The molecule has 1 unspecified atom stereocenters. The number of benzene rings is 1. The third-order valence-corrected chi connectivity index (χ3v) is 3.54. The van der Waals surface area contributed by atoms with E-state index in [4.69, 9.17) is 0 Å². The average molecular weight is 323 g/mol. The molecule has 6 heteroatoms. The highest BCUT2D eigenvalue weighted by atomic mass is 79.9. The molecule has 2 rings (SSSR count). The summed E-state index contributed by atoms with van der Waals surface area (Å²) in [5.74, 6) is 0.586. The number of nitrogens with one attached hydrogen (secondary N) is 1. The van der Waals surface area contributed by atoms with Crippen LogP contribution in [0.3, 0.4) is 0 Å². The molecule has 0 aliphatic heterocycles. The van der Waals surface area contributed by atoms with Gasteiger partial charge < -0.3 is 9.88 Å². The number of rotatable bonds is 3. The molecule has 1 aromatic carbocycles. The van der Waals surface area contributed by atoms with Gasteiger partial charge in [-0.15, -0.1) is 10.2 Å². The lowest BCUT2D eigenvalue weighted by atomic mass is 10.1. The first-order valence-electron chi connectivity index (χ1n) is 5.90. The van der Waals surface area contributed by atoms with Crippen molar-refractivity contribution in [3.63, 3.8) is 0 Å². The van der Waals surface area contributed by atoms with E-state index in [1.807, 2.05) is 39.1 Å². The minimum atomic E-state index is -0.201. The molecule has 0 spiro atoms. The van der Waals surface area contributed by atoms with E-state index in [2.05, 4.69) is 31.4 Å². The Kier molecular flexibility index (Phi) is 3.99. The van der Waals surface area contributed by atoms with Crippen LogP contribution in [0.2, 0.25) is 0 Å². The zero-order valence-corrected chi connectivity index (χ0v) is 12.6. The predicted octanol–water partition coefficient (Wildman–Crippen LogP) is 2.38. The van der Waals surface area contributed by atoms with Crippen molar-refractivity contribution >= 4 is 21.8 Å². The van der Waals surface area contributed by atoms with Crippen LogP contribution < -0.4 is 5.32 Å². The van der Waals surface area contributed by atoms with Crippen LogP contribution in [0.4, 0.5) is 0 Å². The normalized spacial score (nSPS) is 12.2. The summed E-state index contributed by atoms with van der Waals surface area (Å²) in [6, 6.07) is 5.47. The maximum Gasteiger partial charge on any atom is 0.253 e. The second kappa shape index (κ2) is 5.52. The Morgan fingerprint density at radius 3 is 2.84 bits per heavy atom. The van der Waals surface area contributed by atoms with Crippen molar-refractivity contribution in [3.8, 4) is 0 Å². The summed E-state index contributed by atoms with van der Waals surface area (Å²) < 4.78 is 2.57. The topological polar surface area (TPSA) is 59.8 Å². The molecule has 0 bridgehead atoms. The van der Waals surface area contributed by atoms with E-state index in [0.29, 0.717) is 5.56 Å². The Morgan fingerprint density at radius 2 is 2.21 bits per heavy atom. The molecule has 1 heterocycles. The second-order valence-corrected chi connectivity index (χ2v) is 5.33. The first kappa shape index (κ1) is 13.7. The molecule has 2 aromatic rings. The molecule has 0 saturated carbocycles. The number of aromatic nitrogens is 3. The average Bonchev–Trinajstić information content (AvgIpc) is 2.78. The molecule has 1 N–H and O–H groups in total. The third-order valence-electron chi connectivity index (χ3n) is 2.85. The number of carbonyl (C=O) groups is 1. The minimum Gasteiger partial charge on any atom is -0.342 e. The number of hydrogen-bond acceptors (Lipinski definition) is 3. The first-order chi connectivity index (χ1) is 8.99. The minimum absolute atomic E-state index is 0.133. The van der Waals surface area contributed by atoms with Crippen LogP contribution >= 0.6 is 15.9 Å². The van der Waals surface area contributed by atoms with E-state index >= 15 is 0 Å². The number of nitrogens with zero attached hydrogens (tertiary/aromatic N) is 3. The van der Waals surface area contributed by atoms with Gasteiger partial charge in [0.15, 0.2) is 5.82 Å². The quantitative estimate of drug-likeness (QED) is 0.943. The first-order valence-corrected chi connectivity index (χ1v) is 6.69. The largest absolute Gasteiger partial charge is 0.342 e. The summed E-state index contributed by atoms with van der Waals surface area (Å²) in [6.07, 6.45) is 1.61. The highest BCUT2D eigenvalue weighted by molar-refractivity contribution is 9.10. The van der Waals surface area contributed by atoms with Gasteiger partial charge in [-0.3, -0.25) is 4.79 Å². The van der Waals surface area contributed by atoms with Crippen molar-refractivity contribution in [2.75, 3.05) is 0 Å². The molecule has 1 aromatic heterocycles. The highest BCUT2D eigenvalue weighted by Crippen LogP contribution is 2.19. The number of aryl methyl sites for hydroxylation is 2. The Balaban J connectivity index is 2.17. The van der Waals surface area contributed by atoms with Crippen molar-refractivity contribution in [1.82, 2.24) is 20.1 Å². The van der Waals surface area contributed by atoms with Gasteiger partial charge in [0.25, 0.3) is 5.91 Å². The van der Waals surface area contributed by atoms with Crippen LogP contribution in [0.25, 0.3) is 0 Å². The summed E-state index contributed by atoms with van der Waals surface area (Å²) >= 11 is 3.39. The van der Waals surface area contributed by atoms with Gasteiger partial charge in [-0.1, -0.05) is 11.6 Å². The molecule has 0 aliphatic rings. The maximum absolute atomic E-state index is 12.2. The van der Waals surface area contributed by atoms with Gasteiger partial charge in [0.1, 0.15) is 6.33 Å². The van der Waals surface area contributed by atoms with Crippen molar-refractivity contribution in [2.45, 2.75) is 19.9 Å². The van der Waals surface area contributed by atoms with E-state index in [1.165, 1.54) is 0 Å². The Bertz CT molecular complexity index is 608. The van der Waals surface area contributed by atoms with Crippen molar-refractivity contribution < 1.29 is 4.79 Å². The molecule has 0 fully saturated rings. The molecular weight excluding hydrogens is 308 g/mol. The summed E-state index contributed by atoms with van der Waals surface area (Å²) in [5, 5.41) is 10.7. The van der Waals surface area contributed by atoms with Crippen LogP contribution in [-0.4, -0.2) is 20.7 Å². The van der Waals surface area contributed by atoms with Gasteiger partial charge in [-0.25, -0.2) is 0 Å². The number of hydrogen-bond donors (Lipinski definition) is 1. The fourth-order valence-electron chi connectivity index (χ4n) is 1.84. The number of amides is 1. The molecule has 0 aliphatic carbocycles. The smallest absolute Gasteiger partial charge is 0.253 e. The van der Waals surface area contributed by atoms with Crippen LogP contribution in [0.5, 0.6) is 0 Å². The summed E-state index contributed by atoms with van der Waals surface area (Å²) in [5.41, 5.74) is 1.66. The lowest BCUT2D eigenvalue weighted by molar-refractivity contribution is 0.0937. The van der Waals surface area contributed by atoms with E-state index in [9.17, 15) is 4.79 Å². The number of carbonyl (C=O) groups excluding carboxylic acids is 1. The van der Waals surface area contributed by atoms with Gasteiger partial charge in [0.05, 0.1) is 11.6 Å². The van der Waals surface area contributed by atoms with Crippen molar-refractivity contribution in [2.24, 2.45) is 7.05 Å². The Labute approximate surface area is 120 Å². The molecule has 0 radical (unpaired) electrons. The summed E-state index contributed by atoms with van der Waals surface area (Å²) in [4.78, 5) is 12.2. The van der Waals surface area contributed by atoms with Gasteiger partial charge in [-0.2, -0.15) is 0 Å². The second-order valence-electron chi connectivity index (χ2n) is 4.48. The molecule has 1 atom stereocenters. The van der Waals surface area contributed by atoms with Crippen LogP contribution in [-0.2, 0) is 7.05 Å². The van der Waals surface area contributed by atoms with Gasteiger partial charge in [-0.05, 0) is 41.9 Å². The number of halogens is 1. The fraction of sp³-hybridized carbons (Fsp3) is 0.308. The molecule has 5 nitrogen and oxygen atoms in total. The maximum atomic E-state index is 12.2. The van der Waals surface area contributed by atoms with Gasteiger partial charge in [0, 0.05) is 11.5 Å². The monoisotopic (exact) mass is 322 g/mol. The standard InChI is InChI=1S/C13H15BrN4O/c1-8-4-5-11(14)10(6-8)13(19)16-9(2)12-17-15-7-18(12)3/h4-7,9H,1-3H3,(H,16,19). The van der Waals surface area contributed by atoms with Gasteiger partial charge in [0.2, 0.25) is 0 Å². The van der Waals surface area contributed by atoms with Crippen molar-refractivity contribution in [1.29, 1.82) is 0 Å². The predicted molar refractivity (Wildman–Crippen MR) is 75.8 cm³/mol. The zero-order valence-electron chi connectivity index (χ0n) is 11.0. The lowest BCUT2D eigenvalue weighted by Crippen LogP contribution is -2.28. The molecule has 19 heavy (non-hydrogen) atoms. The summed E-state index contributed by atoms with van der Waals surface area (Å²) in [7, 11) is 1.85. The molecule has 1 amide bonds. The van der Waals surface area contributed by atoms with Gasteiger partial charge >= 0.3 is 0 Å². The van der Waals surface area contributed by atoms with E-state index in [1.54, 1.807) is 10.9 Å². The van der Waals surface area contributed by atoms with Crippen LogP contribution in [0.15, 0.2) is 29.0 Å².